The van der Waals surface area contributed by atoms with Crippen LogP contribution in [0.3, 0.4) is 0 Å². The molecule has 1 atom stereocenters. The number of hydrogen-bond acceptors (Lipinski definition) is 4. The monoisotopic (exact) mass is 185 g/mol. The van der Waals surface area contributed by atoms with Crippen LogP contribution in [0.2, 0.25) is 0 Å². The van der Waals surface area contributed by atoms with Crippen molar-refractivity contribution >= 4 is 0 Å². The lowest BCUT2D eigenvalue weighted by Crippen LogP contribution is -2.38. The molecule has 1 aromatic rings. The molecule has 13 heavy (non-hydrogen) atoms. The van der Waals surface area contributed by atoms with E-state index in [4.69, 9.17) is 0 Å². The topological polar surface area (TPSA) is 65.0 Å². The second kappa shape index (κ2) is 4.23. The van der Waals surface area contributed by atoms with Gasteiger partial charge in [-0.3, -0.25) is 0 Å². The lowest BCUT2D eigenvalue weighted by Gasteiger charge is -2.08. The normalized spacial score (nSPS) is 13.2. The van der Waals surface area contributed by atoms with Crippen LogP contribution in [0.25, 0.3) is 0 Å². The molecule has 0 spiro atoms. The van der Waals surface area contributed by atoms with E-state index in [0.29, 0.717) is 18.3 Å². The first-order valence-electron chi connectivity index (χ1n) is 4.40. The molecule has 1 heterocycles. The lowest BCUT2D eigenvalue weighted by atomic mass is 10.2. The van der Waals surface area contributed by atoms with Crippen LogP contribution in [-0.4, -0.2) is 11.3 Å². The molecule has 0 aliphatic heterocycles. The van der Waals surface area contributed by atoms with Gasteiger partial charge < -0.3 is 14.9 Å². The van der Waals surface area contributed by atoms with Gasteiger partial charge in [0.1, 0.15) is 0 Å². The number of rotatable bonds is 4. The molecule has 0 amide bonds. The van der Waals surface area contributed by atoms with E-state index < -0.39 is 0 Å². The first-order valence-corrected chi connectivity index (χ1v) is 4.40. The summed E-state index contributed by atoms with van der Waals surface area (Å²) in [6.45, 7) is 4.66. The Hall–Kier alpha value is -1.10. The summed E-state index contributed by atoms with van der Waals surface area (Å²) >= 11 is 0. The molecule has 1 unspecified atom stereocenters. The van der Waals surface area contributed by atoms with Crippen LogP contribution in [-0.2, 0) is 13.6 Å². The third kappa shape index (κ3) is 2.42. The maximum Gasteiger partial charge on any atom is 0.246 e. The second-order valence-electron chi connectivity index (χ2n) is 3.12. The minimum atomic E-state index is -0.363. The molecule has 0 fully saturated rings. The number of nitrogens with zero attached hydrogens (tertiary/aromatic N) is 2. The molecule has 1 aromatic heterocycles. The van der Waals surface area contributed by atoms with Gasteiger partial charge in [-0.1, -0.05) is 11.6 Å². The first kappa shape index (κ1) is 9.98. The van der Waals surface area contributed by atoms with Crippen LogP contribution in [0.15, 0.2) is 4.52 Å². The predicted molar refractivity (Wildman–Crippen MR) is 43.7 cm³/mol. The van der Waals surface area contributed by atoms with Gasteiger partial charge in [-0.25, -0.2) is 0 Å². The smallest absolute Gasteiger partial charge is 0.246 e. The van der Waals surface area contributed by atoms with Gasteiger partial charge in [0.2, 0.25) is 5.69 Å². The van der Waals surface area contributed by atoms with Crippen molar-refractivity contribution in [3.8, 4) is 5.95 Å². The highest BCUT2D eigenvalue weighted by atomic mass is 16.6. The summed E-state index contributed by atoms with van der Waals surface area (Å²) in [7, 11) is 1.69. The summed E-state index contributed by atoms with van der Waals surface area (Å²) in [6, 6.07) is 0.397. The van der Waals surface area contributed by atoms with Gasteiger partial charge in [0.25, 0.3) is 0 Å². The largest absolute Gasteiger partial charge is 0.539 e. The molecule has 5 nitrogen and oxygen atoms in total. The number of aromatic nitrogens is 2. The van der Waals surface area contributed by atoms with E-state index in [9.17, 15) is 5.11 Å². The van der Waals surface area contributed by atoms with Gasteiger partial charge >= 0.3 is 0 Å². The maximum absolute atomic E-state index is 11.1. The zero-order valence-corrected chi connectivity index (χ0v) is 8.20. The van der Waals surface area contributed by atoms with Crippen LogP contribution in [0.4, 0.5) is 0 Å². The van der Waals surface area contributed by atoms with E-state index in [0.717, 1.165) is 6.42 Å². The van der Waals surface area contributed by atoms with Crippen molar-refractivity contribution < 1.29 is 14.3 Å². The van der Waals surface area contributed by atoms with Gasteiger partial charge in [0, 0.05) is 6.04 Å². The molecule has 0 bridgehead atoms. The Morgan fingerprint density at radius 1 is 1.69 bits per heavy atom. The first-order chi connectivity index (χ1) is 6.15. The standard InChI is InChI=1S/C8H15N3O2/c1-4-6(2)9-5-7-8(12)13-10-11(7)3/h6,9H,4-5H2,1-3H3. The molecule has 1 rings (SSSR count). The predicted octanol–water partition coefficient (Wildman–Crippen LogP) is -0.539. The van der Waals surface area contributed by atoms with Gasteiger partial charge in [-0.05, 0) is 13.3 Å². The number of nitrogens with one attached hydrogen (secondary N) is 1. The van der Waals surface area contributed by atoms with E-state index in [1.165, 1.54) is 4.68 Å². The zero-order valence-electron chi connectivity index (χ0n) is 8.20. The fourth-order valence-electron chi connectivity index (χ4n) is 0.934. The minimum Gasteiger partial charge on any atom is -0.539 e. The third-order valence-corrected chi connectivity index (χ3v) is 2.10. The SMILES string of the molecule is CCC(C)NCc1c([O-])on[n+]1C. The molecule has 0 aliphatic rings. The molecule has 0 aliphatic carbocycles. The summed E-state index contributed by atoms with van der Waals surface area (Å²) in [5.74, 6) is -0.363. The molecular formula is C8H15N3O2. The van der Waals surface area contributed by atoms with Crippen LogP contribution in [0.1, 0.15) is 26.0 Å². The summed E-state index contributed by atoms with van der Waals surface area (Å²) in [5.41, 5.74) is 0.556. The van der Waals surface area contributed by atoms with Crippen LogP contribution < -0.4 is 15.1 Å². The Bertz CT molecular complexity index is 253. The Balaban J connectivity index is 2.53. The highest BCUT2D eigenvalue weighted by Gasteiger charge is 2.12. The highest BCUT2D eigenvalue weighted by molar-refractivity contribution is 5.02. The molecule has 1 N–H and O–H groups in total. The van der Waals surface area contributed by atoms with Crippen LogP contribution in [0.5, 0.6) is 5.95 Å². The van der Waals surface area contributed by atoms with Gasteiger partial charge in [-0.2, -0.15) is 0 Å². The molecule has 0 aromatic carbocycles. The molecule has 0 saturated heterocycles. The summed E-state index contributed by atoms with van der Waals surface area (Å²) in [5, 5.41) is 17.8. The molecule has 0 saturated carbocycles. The Morgan fingerprint density at radius 2 is 2.38 bits per heavy atom. The number of aryl methyl sites for hydroxylation is 1. The lowest BCUT2D eigenvalue weighted by molar-refractivity contribution is -0.746. The maximum atomic E-state index is 11.1. The van der Waals surface area contributed by atoms with Gasteiger partial charge in [-0.15, -0.1) is 0 Å². The van der Waals surface area contributed by atoms with Crippen molar-refractivity contribution in [3.05, 3.63) is 5.69 Å². The van der Waals surface area contributed by atoms with E-state index in [-0.39, 0.29) is 5.95 Å². The van der Waals surface area contributed by atoms with Crippen molar-refractivity contribution in [1.29, 1.82) is 0 Å². The minimum absolute atomic E-state index is 0.363. The molecule has 74 valence electrons. The van der Waals surface area contributed by atoms with Crippen molar-refractivity contribution in [2.75, 3.05) is 0 Å². The van der Waals surface area contributed by atoms with Crippen molar-refractivity contribution in [1.82, 2.24) is 10.6 Å². The molecular weight excluding hydrogens is 170 g/mol. The Labute approximate surface area is 77.3 Å². The van der Waals surface area contributed by atoms with E-state index in [2.05, 4.69) is 29.0 Å². The molecule has 0 radical (unpaired) electrons. The fraction of sp³-hybridized carbons (Fsp3) is 0.750. The third-order valence-electron chi connectivity index (χ3n) is 2.10. The Kier molecular flexibility index (Phi) is 3.25. The second-order valence-corrected chi connectivity index (χ2v) is 3.12. The van der Waals surface area contributed by atoms with Crippen LogP contribution >= 0.6 is 0 Å². The molecule has 5 heteroatoms. The van der Waals surface area contributed by atoms with Crippen molar-refractivity contribution in [3.63, 3.8) is 0 Å². The van der Waals surface area contributed by atoms with E-state index >= 15 is 0 Å². The van der Waals surface area contributed by atoms with Crippen LogP contribution in [0, 0.1) is 0 Å². The quantitative estimate of drug-likeness (QED) is 0.640. The average molecular weight is 185 g/mol. The number of hydrogen-bond donors (Lipinski definition) is 1. The summed E-state index contributed by atoms with van der Waals surface area (Å²) in [4.78, 5) is 0. The van der Waals surface area contributed by atoms with E-state index in [1.807, 2.05) is 0 Å². The van der Waals surface area contributed by atoms with Gasteiger partial charge in [0.15, 0.2) is 13.0 Å². The fourth-order valence-corrected chi connectivity index (χ4v) is 0.934. The zero-order chi connectivity index (χ0) is 9.84. The van der Waals surface area contributed by atoms with Crippen molar-refractivity contribution in [2.45, 2.75) is 32.9 Å². The van der Waals surface area contributed by atoms with E-state index in [1.54, 1.807) is 7.05 Å². The van der Waals surface area contributed by atoms with Gasteiger partial charge in [0.05, 0.1) is 11.8 Å². The van der Waals surface area contributed by atoms with Crippen molar-refractivity contribution in [2.24, 2.45) is 7.05 Å². The summed E-state index contributed by atoms with van der Waals surface area (Å²) < 4.78 is 5.93. The highest BCUT2D eigenvalue weighted by Crippen LogP contribution is 2.05. The summed E-state index contributed by atoms with van der Waals surface area (Å²) in [6.07, 6.45) is 1.03. The Morgan fingerprint density at radius 3 is 2.85 bits per heavy atom. The average Bonchev–Trinajstić information content (AvgIpc) is 2.43.